The van der Waals surface area contributed by atoms with Gasteiger partial charge in [-0.1, -0.05) is 47.6 Å². The Hall–Kier alpha value is -2.75. The number of tetrazole rings is 1. The molecule has 1 amide bonds. The first-order valence-electron chi connectivity index (χ1n) is 9.46. The summed E-state index contributed by atoms with van der Waals surface area (Å²) in [5, 5.41) is 16.5. The average Bonchev–Trinajstić information content (AvgIpc) is 3.40. The fraction of sp³-hybridized carbons (Fsp3) is 0.190. The molecule has 1 N–H and O–H groups in total. The fourth-order valence-electron chi connectivity index (χ4n) is 2.85. The van der Waals surface area contributed by atoms with Crippen LogP contribution in [0.15, 0.2) is 53.8 Å². The van der Waals surface area contributed by atoms with Crippen molar-refractivity contribution in [2.45, 2.75) is 25.4 Å². The number of thioether (sulfide) groups is 1. The van der Waals surface area contributed by atoms with Gasteiger partial charge < -0.3 is 5.32 Å². The number of hydrogen-bond donors (Lipinski definition) is 1. The highest BCUT2D eigenvalue weighted by Gasteiger charge is 2.14. The highest BCUT2D eigenvalue weighted by Crippen LogP contribution is 2.25. The molecular formula is C21H19ClN6OS2. The van der Waals surface area contributed by atoms with Crippen LogP contribution in [0.25, 0.3) is 5.69 Å². The van der Waals surface area contributed by atoms with Gasteiger partial charge in [-0.2, -0.15) is 4.68 Å². The maximum Gasteiger partial charge on any atom is 0.236 e. The van der Waals surface area contributed by atoms with Crippen LogP contribution in [0.5, 0.6) is 0 Å². The first-order valence-corrected chi connectivity index (χ1v) is 11.6. The second-order valence-corrected chi connectivity index (χ2v) is 9.34. The molecule has 0 atom stereocenters. The minimum atomic E-state index is -0.168. The molecule has 0 unspecified atom stereocenters. The van der Waals surface area contributed by atoms with Gasteiger partial charge in [0.15, 0.2) is 5.13 Å². The Morgan fingerprint density at radius 3 is 2.84 bits per heavy atom. The molecule has 0 aliphatic carbocycles. The normalized spacial score (nSPS) is 10.9. The van der Waals surface area contributed by atoms with E-state index < -0.39 is 0 Å². The Labute approximate surface area is 192 Å². The van der Waals surface area contributed by atoms with E-state index in [-0.39, 0.29) is 11.7 Å². The maximum absolute atomic E-state index is 12.4. The summed E-state index contributed by atoms with van der Waals surface area (Å²) in [4.78, 5) is 17.7. The summed E-state index contributed by atoms with van der Waals surface area (Å²) >= 11 is 8.93. The van der Waals surface area contributed by atoms with Crippen LogP contribution in [-0.4, -0.2) is 36.9 Å². The lowest BCUT2D eigenvalue weighted by atomic mass is 10.1. The van der Waals surface area contributed by atoms with Crippen molar-refractivity contribution in [1.29, 1.82) is 0 Å². The summed E-state index contributed by atoms with van der Waals surface area (Å²) < 4.78 is 1.63. The number of thiazole rings is 1. The first kappa shape index (κ1) is 21.5. The Morgan fingerprint density at radius 2 is 2.03 bits per heavy atom. The van der Waals surface area contributed by atoms with Gasteiger partial charge >= 0.3 is 0 Å². The third-order valence-corrected chi connectivity index (χ3v) is 6.83. The van der Waals surface area contributed by atoms with Crippen LogP contribution in [0.2, 0.25) is 5.02 Å². The summed E-state index contributed by atoms with van der Waals surface area (Å²) in [6, 6.07) is 13.7. The van der Waals surface area contributed by atoms with Crippen LogP contribution in [-0.2, 0) is 11.2 Å². The number of carbonyl (C=O) groups excluding carboxylic acids is 1. The number of aryl methyl sites for hydroxylation is 2. The van der Waals surface area contributed by atoms with Gasteiger partial charge in [0, 0.05) is 22.5 Å². The van der Waals surface area contributed by atoms with Crippen LogP contribution < -0.4 is 5.32 Å². The second-order valence-electron chi connectivity index (χ2n) is 6.88. The summed E-state index contributed by atoms with van der Waals surface area (Å²) in [5.74, 6) is 0.00301. The van der Waals surface area contributed by atoms with Crippen molar-refractivity contribution in [2.75, 3.05) is 11.1 Å². The van der Waals surface area contributed by atoms with Crippen LogP contribution in [0.1, 0.15) is 21.6 Å². The van der Waals surface area contributed by atoms with Gasteiger partial charge in [0.05, 0.1) is 11.4 Å². The van der Waals surface area contributed by atoms with E-state index in [1.165, 1.54) is 28.7 Å². The molecule has 0 aliphatic rings. The van der Waals surface area contributed by atoms with Crippen molar-refractivity contribution >= 4 is 45.7 Å². The van der Waals surface area contributed by atoms with E-state index in [0.29, 0.717) is 16.7 Å². The zero-order valence-electron chi connectivity index (χ0n) is 16.9. The molecule has 4 rings (SSSR count). The molecule has 0 bridgehead atoms. The number of halogens is 1. The largest absolute Gasteiger partial charge is 0.301 e. The smallest absolute Gasteiger partial charge is 0.236 e. The molecule has 0 saturated carbocycles. The molecule has 7 nitrogen and oxygen atoms in total. The molecule has 2 aromatic heterocycles. The molecule has 2 aromatic carbocycles. The number of nitrogens with zero attached hydrogens (tertiary/aromatic N) is 5. The zero-order chi connectivity index (χ0) is 21.8. The number of amides is 1. The van der Waals surface area contributed by atoms with Crippen molar-refractivity contribution in [3.8, 4) is 5.69 Å². The molecule has 31 heavy (non-hydrogen) atoms. The monoisotopic (exact) mass is 470 g/mol. The van der Waals surface area contributed by atoms with Gasteiger partial charge in [-0.25, -0.2) is 4.98 Å². The van der Waals surface area contributed by atoms with Crippen molar-refractivity contribution in [3.05, 3.63) is 75.3 Å². The minimum absolute atomic E-state index is 0.168. The van der Waals surface area contributed by atoms with E-state index >= 15 is 0 Å². The summed E-state index contributed by atoms with van der Waals surface area (Å²) in [5.41, 5.74) is 4.24. The first-order chi connectivity index (χ1) is 15.0. The van der Waals surface area contributed by atoms with E-state index in [4.69, 9.17) is 11.6 Å². The van der Waals surface area contributed by atoms with E-state index in [1.807, 2.05) is 49.4 Å². The molecular weight excluding hydrogens is 452 g/mol. The van der Waals surface area contributed by atoms with E-state index in [2.05, 4.69) is 32.7 Å². The van der Waals surface area contributed by atoms with E-state index in [9.17, 15) is 4.79 Å². The third-order valence-electron chi connectivity index (χ3n) is 4.63. The lowest BCUT2D eigenvalue weighted by molar-refractivity contribution is -0.113. The fourth-order valence-corrected chi connectivity index (χ4v) is 4.60. The quantitative estimate of drug-likeness (QED) is 0.393. The predicted octanol–water partition coefficient (Wildman–Crippen LogP) is 4.71. The molecule has 0 fully saturated rings. The Bertz CT molecular complexity index is 1220. The van der Waals surface area contributed by atoms with Gasteiger partial charge in [0.1, 0.15) is 0 Å². The van der Waals surface area contributed by atoms with Gasteiger partial charge in [-0.15, -0.1) is 16.4 Å². The van der Waals surface area contributed by atoms with Crippen molar-refractivity contribution < 1.29 is 4.79 Å². The van der Waals surface area contributed by atoms with Crippen LogP contribution >= 0.6 is 34.7 Å². The Balaban J connectivity index is 1.35. The van der Waals surface area contributed by atoms with Crippen molar-refractivity contribution in [2.24, 2.45) is 0 Å². The van der Waals surface area contributed by atoms with E-state index in [1.54, 1.807) is 10.9 Å². The number of anilines is 1. The van der Waals surface area contributed by atoms with Crippen LogP contribution in [0.3, 0.4) is 0 Å². The lowest BCUT2D eigenvalue weighted by Crippen LogP contribution is -2.14. The highest BCUT2D eigenvalue weighted by atomic mass is 35.5. The summed E-state index contributed by atoms with van der Waals surface area (Å²) in [6.45, 7) is 4.09. The number of benzene rings is 2. The van der Waals surface area contributed by atoms with Crippen molar-refractivity contribution in [3.63, 3.8) is 0 Å². The molecule has 0 aliphatic heterocycles. The number of hydrogen-bond acceptors (Lipinski definition) is 7. The number of rotatable bonds is 7. The summed E-state index contributed by atoms with van der Waals surface area (Å²) in [6.07, 6.45) is 2.43. The average molecular weight is 471 g/mol. The summed E-state index contributed by atoms with van der Waals surface area (Å²) in [7, 11) is 0. The van der Waals surface area contributed by atoms with Crippen molar-refractivity contribution in [1.82, 2.24) is 25.2 Å². The van der Waals surface area contributed by atoms with Gasteiger partial charge in [0.2, 0.25) is 11.1 Å². The SMILES string of the molecule is Cc1ccc(-n2nnnc2SCC(=O)Nc2ncc(Cc3ccccc3Cl)s2)cc1C. The van der Waals surface area contributed by atoms with Crippen LogP contribution in [0, 0.1) is 13.8 Å². The van der Waals surface area contributed by atoms with Gasteiger partial charge in [0.25, 0.3) is 0 Å². The van der Waals surface area contributed by atoms with Gasteiger partial charge in [-0.3, -0.25) is 4.79 Å². The molecule has 158 valence electrons. The number of aromatic nitrogens is 5. The highest BCUT2D eigenvalue weighted by molar-refractivity contribution is 7.99. The third kappa shape index (κ3) is 5.30. The molecule has 4 aromatic rings. The topological polar surface area (TPSA) is 85.6 Å². The van der Waals surface area contributed by atoms with Gasteiger partial charge in [-0.05, 0) is 59.2 Å². The predicted molar refractivity (Wildman–Crippen MR) is 124 cm³/mol. The minimum Gasteiger partial charge on any atom is -0.301 e. The number of nitrogens with one attached hydrogen (secondary N) is 1. The Morgan fingerprint density at radius 1 is 1.19 bits per heavy atom. The molecule has 10 heteroatoms. The zero-order valence-corrected chi connectivity index (χ0v) is 19.3. The molecule has 0 spiro atoms. The van der Waals surface area contributed by atoms with Crippen LogP contribution in [0.4, 0.5) is 5.13 Å². The van der Waals surface area contributed by atoms with E-state index in [0.717, 1.165) is 26.7 Å². The maximum atomic E-state index is 12.4. The Kier molecular flexibility index (Phi) is 6.64. The molecule has 0 saturated heterocycles. The lowest BCUT2D eigenvalue weighted by Gasteiger charge is -2.07. The molecule has 2 heterocycles. The second kappa shape index (κ2) is 9.59. The number of carbonyl (C=O) groups is 1. The molecule has 0 radical (unpaired) electrons. The standard InChI is InChI=1S/C21H19ClN6OS2/c1-13-7-8-16(9-14(13)2)28-21(25-26-27-28)30-12-19(29)24-20-23-11-17(31-20)10-15-5-3-4-6-18(15)22/h3-9,11H,10,12H2,1-2H3,(H,23,24,29).